The molecule has 21 heavy (non-hydrogen) atoms. The molecule has 0 aliphatic rings. The third-order valence-electron chi connectivity index (χ3n) is 3.16. The van der Waals surface area contributed by atoms with Gasteiger partial charge in [-0.05, 0) is 30.7 Å². The van der Waals surface area contributed by atoms with Crippen LogP contribution in [0.2, 0.25) is 5.02 Å². The number of ether oxygens (including phenoxy) is 1. The van der Waals surface area contributed by atoms with Gasteiger partial charge in [-0.15, -0.1) is 0 Å². The van der Waals surface area contributed by atoms with Gasteiger partial charge in [0.1, 0.15) is 11.4 Å². The highest BCUT2D eigenvalue weighted by molar-refractivity contribution is 6.30. The number of rotatable bonds is 5. The Balaban J connectivity index is 2.56. The molecule has 0 atom stereocenters. The van der Waals surface area contributed by atoms with E-state index >= 15 is 0 Å². The predicted octanol–water partition coefficient (Wildman–Crippen LogP) is 2.95. The number of anilines is 1. The molecule has 0 unspecified atom stereocenters. The van der Waals surface area contributed by atoms with Crippen molar-refractivity contribution in [2.45, 2.75) is 26.3 Å². The normalized spacial score (nSPS) is 10.6. The van der Waals surface area contributed by atoms with Crippen molar-refractivity contribution >= 4 is 17.3 Å². The monoisotopic (exact) mass is 307 g/mol. The summed E-state index contributed by atoms with van der Waals surface area (Å²) < 4.78 is 6.72. The summed E-state index contributed by atoms with van der Waals surface area (Å²) in [5, 5.41) is 4.94. The predicted molar refractivity (Wildman–Crippen MR) is 84.8 cm³/mol. The van der Waals surface area contributed by atoms with Crippen LogP contribution >= 0.6 is 11.6 Å². The standard InChI is InChI=1S/C15H18ClN3O2/c1-3-4-7-19-15(20)12(17)9-13(18-19)11-8-10(16)5-6-14(11)21-2/h5-6,8-9H,3-4,7,17H2,1-2H3. The number of aromatic nitrogens is 2. The Bertz CT molecular complexity index is 698. The number of methoxy groups -OCH3 is 1. The summed E-state index contributed by atoms with van der Waals surface area (Å²) >= 11 is 6.04. The smallest absolute Gasteiger partial charge is 0.289 e. The Morgan fingerprint density at radius 2 is 2.14 bits per heavy atom. The summed E-state index contributed by atoms with van der Waals surface area (Å²) in [6, 6.07) is 6.80. The van der Waals surface area contributed by atoms with Crippen molar-refractivity contribution < 1.29 is 4.74 Å². The van der Waals surface area contributed by atoms with Gasteiger partial charge in [-0.25, -0.2) is 4.68 Å². The lowest BCUT2D eigenvalue weighted by Gasteiger charge is -2.11. The zero-order valence-electron chi connectivity index (χ0n) is 12.1. The quantitative estimate of drug-likeness (QED) is 0.922. The average Bonchev–Trinajstić information content (AvgIpc) is 2.48. The minimum absolute atomic E-state index is 0.165. The van der Waals surface area contributed by atoms with Crippen LogP contribution in [0.5, 0.6) is 5.75 Å². The van der Waals surface area contributed by atoms with Crippen LogP contribution in [-0.4, -0.2) is 16.9 Å². The number of unbranched alkanes of at least 4 members (excludes halogenated alkanes) is 1. The van der Waals surface area contributed by atoms with E-state index < -0.39 is 0 Å². The van der Waals surface area contributed by atoms with Crippen molar-refractivity contribution in [1.82, 2.24) is 9.78 Å². The van der Waals surface area contributed by atoms with Crippen LogP contribution in [0, 0.1) is 0 Å². The number of nitrogens with zero attached hydrogens (tertiary/aromatic N) is 2. The highest BCUT2D eigenvalue weighted by Gasteiger charge is 2.12. The first kappa shape index (κ1) is 15.4. The summed E-state index contributed by atoms with van der Waals surface area (Å²) in [5.41, 5.74) is 6.99. The fourth-order valence-electron chi connectivity index (χ4n) is 2.03. The Morgan fingerprint density at radius 3 is 2.81 bits per heavy atom. The van der Waals surface area contributed by atoms with E-state index in [1.807, 2.05) is 0 Å². The summed E-state index contributed by atoms with van der Waals surface area (Å²) in [6.45, 7) is 2.59. The van der Waals surface area contributed by atoms with E-state index in [0.29, 0.717) is 28.6 Å². The molecule has 1 aromatic heterocycles. The molecule has 0 aliphatic heterocycles. The molecule has 2 N–H and O–H groups in total. The van der Waals surface area contributed by atoms with Crippen LogP contribution in [0.1, 0.15) is 19.8 Å². The zero-order valence-corrected chi connectivity index (χ0v) is 12.9. The van der Waals surface area contributed by atoms with Gasteiger partial charge in [-0.2, -0.15) is 5.10 Å². The first-order chi connectivity index (χ1) is 10.1. The summed E-state index contributed by atoms with van der Waals surface area (Å²) in [4.78, 5) is 12.0. The van der Waals surface area contributed by atoms with E-state index in [9.17, 15) is 4.79 Å². The number of nitrogen functional groups attached to an aromatic ring is 1. The maximum absolute atomic E-state index is 12.0. The third-order valence-corrected chi connectivity index (χ3v) is 3.40. The Morgan fingerprint density at radius 1 is 1.38 bits per heavy atom. The Hall–Kier alpha value is -2.01. The summed E-state index contributed by atoms with van der Waals surface area (Å²) in [6.07, 6.45) is 1.83. The maximum Gasteiger partial charge on any atom is 0.289 e. The molecule has 6 heteroatoms. The van der Waals surface area contributed by atoms with Gasteiger partial charge < -0.3 is 10.5 Å². The van der Waals surface area contributed by atoms with Crippen molar-refractivity contribution in [3.8, 4) is 17.0 Å². The minimum atomic E-state index is -0.270. The second-order valence-electron chi connectivity index (χ2n) is 4.71. The molecule has 0 saturated heterocycles. The lowest BCUT2D eigenvalue weighted by molar-refractivity contribution is 0.416. The highest BCUT2D eigenvalue weighted by Crippen LogP contribution is 2.31. The molecule has 5 nitrogen and oxygen atoms in total. The lowest BCUT2D eigenvalue weighted by Crippen LogP contribution is -2.26. The molecule has 0 amide bonds. The van der Waals surface area contributed by atoms with Gasteiger partial charge in [0.15, 0.2) is 0 Å². The fourth-order valence-corrected chi connectivity index (χ4v) is 2.21. The Kier molecular flexibility index (Phi) is 4.85. The minimum Gasteiger partial charge on any atom is -0.496 e. The average molecular weight is 308 g/mol. The zero-order chi connectivity index (χ0) is 15.4. The van der Waals surface area contributed by atoms with E-state index in [2.05, 4.69) is 12.0 Å². The highest BCUT2D eigenvalue weighted by atomic mass is 35.5. The number of nitrogens with two attached hydrogens (primary N) is 1. The number of benzene rings is 1. The first-order valence-corrected chi connectivity index (χ1v) is 7.16. The molecular formula is C15H18ClN3O2. The van der Waals surface area contributed by atoms with Crippen molar-refractivity contribution in [2.24, 2.45) is 0 Å². The van der Waals surface area contributed by atoms with E-state index in [0.717, 1.165) is 12.8 Å². The second-order valence-corrected chi connectivity index (χ2v) is 5.15. The van der Waals surface area contributed by atoms with Crippen molar-refractivity contribution in [3.05, 3.63) is 39.6 Å². The topological polar surface area (TPSA) is 70.1 Å². The molecule has 2 aromatic rings. The molecule has 2 rings (SSSR count). The fraction of sp³-hybridized carbons (Fsp3) is 0.333. The van der Waals surface area contributed by atoms with Gasteiger partial charge in [0, 0.05) is 17.1 Å². The lowest BCUT2D eigenvalue weighted by atomic mass is 10.1. The maximum atomic E-state index is 12.0. The van der Waals surface area contributed by atoms with Crippen LogP contribution in [0.3, 0.4) is 0 Å². The first-order valence-electron chi connectivity index (χ1n) is 6.78. The van der Waals surface area contributed by atoms with Crippen LogP contribution in [0.4, 0.5) is 5.69 Å². The summed E-state index contributed by atoms with van der Waals surface area (Å²) in [7, 11) is 1.57. The van der Waals surface area contributed by atoms with Gasteiger partial charge in [0.2, 0.25) is 0 Å². The second kappa shape index (κ2) is 6.63. The Labute approximate surface area is 128 Å². The van der Waals surface area contributed by atoms with Crippen LogP contribution in [0.15, 0.2) is 29.1 Å². The van der Waals surface area contributed by atoms with Crippen LogP contribution < -0.4 is 16.0 Å². The van der Waals surface area contributed by atoms with Gasteiger partial charge in [0.05, 0.1) is 12.8 Å². The summed E-state index contributed by atoms with van der Waals surface area (Å²) in [5.74, 6) is 0.631. The molecule has 0 radical (unpaired) electrons. The van der Waals surface area contributed by atoms with E-state index in [1.54, 1.807) is 31.4 Å². The molecule has 0 spiro atoms. The van der Waals surface area contributed by atoms with E-state index in [1.165, 1.54) is 4.68 Å². The largest absolute Gasteiger partial charge is 0.496 e. The van der Waals surface area contributed by atoms with Gasteiger partial charge >= 0.3 is 0 Å². The molecule has 0 saturated carbocycles. The van der Waals surface area contributed by atoms with Gasteiger partial charge in [0.25, 0.3) is 5.56 Å². The molecule has 1 heterocycles. The molecular weight excluding hydrogens is 290 g/mol. The number of halogens is 1. The molecule has 0 bridgehead atoms. The SMILES string of the molecule is CCCCn1nc(-c2cc(Cl)ccc2OC)cc(N)c1=O. The van der Waals surface area contributed by atoms with Crippen LogP contribution in [-0.2, 0) is 6.54 Å². The molecule has 112 valence electrons. The third kappa shape index (κ3) is 3.36. The molecule has 0 aliphatic carbocycles. The molecule has 1 aromatic carbocycles. The van der Waals surface area contributed by atoms with E-state index in [-0.39, 0.29) is 11.2 Å². The number of aryl methyl sites for hydroxylation is 1. The van der Waals surface area contributed by atoms with Crippen LogP contribution in [0.25, 0.3) is 11.3 Å². The van der Waals surface area contributed by atoms with Gasteiger partial charge in [-0.3, -0.25) is 4.79 Å². The van der Waals surface area contributed by atoms with Crippen molar-refractivity contribution in [2.75, 3.05) is 12.8 Å². The van der Waals surface area contributed by atoms with Gasteiger partial charge in [-0.1, -0.05) is 24.9 Å². The van der Waals surface area contributed by atoms with Crippen molar-refractivity contribution in [1.29, 1.82) is 0 Å². The number of hydrogen-bond acceptors (Lipinski definition) is 4. The number of hydrogen-bond donors (Lipinski definition) is 1. The van der Waals surface area contributed by atoms with E-state index in [4.69, 9.17) is 22.1 Å². The molecule has 0 fully saturated rings. The van der Waals surface area contributed by atoms with Crippen molar-refractivity contribution in [3.63, 3.8) is 0 Å².